The summed E-state index contributed by atoms with van der Waals surface area (Å²) in [5.74, 6) is 0.789. The monoisotopic (exact) mass is 701 g/mol. The maximum atomic E-state index is 14.1. The summed E-state index contributed by atoms with van der Waals surface area (Å²) in [6.45, 7) is 19.9. The summed E-state index contributed by atoms with van der Waals surface area (Å²) in [5.41, 5.74) is -0.443. The van der Waals surface area contributed by atoms with E-state index in [1.807, 2.05) is 13.8 Å². The number of amides is 3. The van der Waals surface area contributed by atoms with E-state index in [2.05, 4.69) is 50.6 Å². The molecule has 5 rings (SSSR count). The summed E-state index contributed by atoms with van der Waals surface area (Å²) in [6, 6.07) is 1.40. The van der Waals surface area contributed by atoms with Crippen molar-refractivity contribution >= 4 is 25.0 Å². The molecule has 3 N–H and O–H groups in total. The summed E-state index contributed by atoms with van der Waals surface area (Å²) in [7, 11) is 3.89. The van der Waals surface area contributed by atoms with Crippen LogP contribution in [0.25, 0.3) is 0 Å². The fraction of sp³-hybridized carbons (Fsp3) is 0.757. The molecule has 1 saturated heterocycles. The van der Waals surface area contributed by atoms with Gasteiger partial charge >= 0.3 is 13.2 Å². The highest BCUT2D eigenvalue weighted by molar-refractivity contribution is 6.48. The summed E-state index contributed by atoms with van der Waals surface area (Å²) >= 11 is 0. The smallest absolute Gasteiger partial charge is 0.481 e. The third kappa shape index (κ3) is 8.30. The van der Waals surface area contributed by atoms with Crippen LogP contribution in [-0.2, 0) is 30.1 Å². The van der Waals surface area contributed by atoms with E-state index in [0.717, 1.165) is 12.8 Å². The number of benzene rings is 1. The largest absolute Gasteiger partial charge is 0.493 e. The van der Waals surface area contributed by atoms with Crippen molar-refractivity contribution in [3.05, 3.63) is 17.7 Å². The molecule has 1 aromatic rings. The molecule has 3 aliphatic carbocycles. The van der Waals surface area contributed by atoms with Gasteiger partial charge in [-0.05, 0) is 82.1 Å². The number of hydrogen-bond donors (Lipinski definition) is 3. The Labute approximate surface area is 298 Å². The van der Waals surface area contributed by atoms with Crippen molar-refractivity contribution in [2.45, 2.75) is 130 Å². The fourth-order valence-electron chi connectivity index (χ4n) is 8.08. The molecular formula is C37H60BN3O9. The highest BCUT2D eigenvalue weighted by atomic mass is 16.7. The van der Waals surface area contributed by atoms with Crippen LogP contribution in [0.2, 0.25) is 0 Å². The van der Waals surface area contributed by atoms with Gasteiger partial charge in [-0.25, -0.2) is 4.79 Å². The van der Waals surface area contributed by atoms with Gasteiger partial charge in [-0.2, -0.15) is 0 Å². The van der Waals surface area contributed by atoms with Gasteiger partial charge in [-0.3, -0.25) is 9.59 Å². The number of alkyl carbamates (subject to hydrolysis) is 1. The Morgan fingerprint density at radius 3 is 2.12 bits per heavy atom. The second-order valence-electron chi connectivity index (χ2n) is 16.7. The van der Waals surface area contributed by atoms with E-state index in [1.165, 1.54) is 21.3 Å². The molecule has 13 heteroatoms. The number of hydrogen-bond acceptors (Lipinski definition) is 9. The van der Waals surface area contributed by atoms with Gasteiger partial charge in [0.25, 0.3) is 0 Å². The summed E-state index contributed by atoms with van der Waals surface area (Å²) in [6.07, 6.45) is 1.93. The lowest BCUT2D eigenvalue weighted by atomic mass is 9.43. The second kappa shape index (κ2) is 15.2. The standard InChI is InChI=1S/C37H60BN3O9/c1-20(2)16-28(38-49-27-19-23-18-26(36(23,8)9)37(27,10)50-38)40-33(43)29(21(3)4)41-32(42)24(39-34(44)48-35(5,6)7)17-22-14-15-25(45-11)31(47-13)30(22)46-12/h14-15,20-21,23-24,26-29H,16-19H2,1-13H3,(H,39,44)(H,40,43)(H,41,42)/t23-,24+,26-,27-,28+,29+,37+/m1/s1. The first-order valence-electron chi connectivity index (χ1n) is 18.0. The average molecular weight is 702 g/mol. The van der Waals surface area contributed by atoms with Gasteiger partial charge in [0.05, 0.1) is 39.0 Å². The highest BCUT2D eigenvalue weighted by Crippen LogP contribution is 2.65. The van der Waals surface area contributed by atoms with E-state index in [0.29, 0.717) is 41.1 Å². The molecule has 1 aromatic carbocycles. The quantitative estimate of drug-likeness (QED) is 0.226. The Hall–Kier alpha value is -3.19. The van der Waals surface area contributed by atoms with Crippen molar-refractivity contribution in [1.29, 1.82) is 0 Å². The molecule has 0 radical (unpaired) electrons. The minimum Gasteiger partial charge on any atom is -0.493 e. The summed E-state index contributed by atoms with van der Waals surface area (Å²) in [5, 5.41) is 8.83. The Balaban J connectivity index is 1.55. The molecule has 0 unspecified atom stereocenters. The normalized spacial score (nSPS) is 25.5. The van der Waals surface area contributed by atoms with Gasteiger partial charge in [-0.1, -0.05) is 47.6 Å². The van der Waals surface area contributed by atoms with Crippen LogP contribution >= 0.6 is 0 Å². The molecule has 4 fully saturated rings. The predicted octanol–water partition coefficient (Wildman–Crippen LogP) is 5.09. The molecular weight excluding hydrogens is 641 g/mol. The number of nitrogens with one attached hydrogen (secondary N) is 3. The van der Waals surface area contributed by atoms with E-state index in [9.17, 15) is 14.4 Å². The van der Waals surface area contributed by atoms with Gasteiger partial charge in [0.2, 0.25) is 17.6 Å². The fourth-order valence-corrected chi connectivity index (χ4v) is 8.08. The number of ether oxygens (including phenoxy) is 4. The van der Waals surface area contributed by atoms with Crippen LogP contribution in [0.5, 0.6) is 17.2 Å². The maximum Gasteiger partial charge on any atom is 0.481 e. The van der Waals surface area contributed by atoms with E-state index in [4.69, 9.17) is 28.3 Å². The number of carbonyl (C=O) groups is 3. The lowest BCUT2D eigenvalue weighted by molar-refractivity contribution is -0.199. The Bertz CT molecular complexity index is 1400. The Kier molecular flexibility index (Phi) is 12.0. The van der Waals surface area contributed by atoms with Crippen molar-refractivity contribution in [2.75, 3.05) is 21.3 Å². The Morgan fingerprint density at radius 1 is 0.920 bits per heavy atom. The van der Waals surface area contributed by atoms with Crippen molar-refractivity contribution in [3.8, 4) is 17.2 Å². The zero-order valence-corrected chi connectivity index (χ0v) is 32.4. The van der Waals surface area contributed by atoms with Crippen LogP contribution in [0, 0.1) is 29.1 Å². The molecule has 280 valence electrons. The van der Waals surface area contributed by atoms with Gasteiger partial charge < -0.3 is 44.2 Å². The molecule has 3 amide bonds. The van der Waals surface area contributed by atoms with E-state index < -0.39 is 48.3 Å². The van der Waals surface area contributed by atoms with Crippen LogP contribution in [0.4, 0.5) is 4.79 Å². The number of rotatable bonds is 14. The SMILES string of the molecule is COc1ccc(C[C@H](NC(=O)OC(C)(C)C)C(=O)N[C@H](C(=O)N[C@@H](CC(C)C)B2O[C@@H]3C[C@H]4C[C@H](C4(C)C)[C@]3(C)O2)C(C)C)c(OC)c1OC. The lowest BCUT2D eigenvalue weighted by Gasteiger charge is -2.64. The lowest BCUT2D eigenvalue weighted by Crippen LogP contribution is -2.65. The predicted molar refractivity (Wildman–Crippen MR) is 191 cm³/mol. The molecule has 3 saturated carbocycles. The highest BCUT2D eigenvalue weighted by Gasteiger charge is 2.68. The van der Waals surface area contributed by atoms with Crippen molar-refractivity contribution in [2.24, 2.45) is 29.1 Å². The van der Waals surface area contributed by atoms with Crippen molar-refractivity contribution < 1.29 is 42.6 Å². The van der Waals surface area contributed by atoms with Crippen molar-refractivity contribution in [1.82, 2.24) is 16.0 Å². The molecule has 12 nitrogen and oxygen atoms in total. The van der Waals surface area contributed by atoms with E-state index in [1.54, 1.807) is 32.9 Å². The van der Waals surface area contributed by atoms with Gasteiger partial charge in [0, 0.05) is 12.0 Å². The molecule has 4 aliphatic rings. The molecule has 7 atom stereocenters. The minimum absolute atomic E-state index is 0.0131. The van der Waals surface area contributed by atoms with Crippen LogP contribution < -0.4 is 30.2 Å². The molecule has 50 heavy (non-hydrogen) atoms. The molecule has 2 bridgehead atoms. The first kappa shape index (κ1) is 39.6. The van der Waals surface area contributed by atoms with Crippen LogP contribution in [-0.4, -0.2) is 81.7 Å². The van der Waals surface area contributed by atoms with Gasteiger partial charge in [0.1, 0.15) is 17.7 Å². The zero-order chi connectivity index (χ0) is 37.3. The van der Waals surface area contributed by atoms with Gasteiger partial charge in [0.15, 0.2) is 11.5 Å². The van der Waals surface area contributed by atoms with E-state index >= 15 is 0 Å². The van der Waals surface area contributed by atoms with Crippen LogP contribution in [0.3, 0.4) is 0 Å². The maximum absolute atomic E-state index is 14.1. The van der Waals surface area contributed by atoms with Crippen molar-refractivity contribution in [3.63, 3.8) is 0 Å². The summed E-state index contributed by atoms with van der Waals surface area (Å²) in [4.78, 5) is 41.1. The average Bonchev–Trinajstić information content (AvgIpc) is 3.38. The Morgan fingerprint density at radius 2 is 1.58 bits per heavy atom. The molecule has 0 spiro atoms. The third-order valence-electron chi connectivity index (χ3n) is 10.8. The second-order valence-corrected chi connectivity index (χ2v) is 16.7. The molecule has 0 aromatic heterocycles. The number of carbonyl (C=O) groups excluding carboxylic acids is 3. The first-order valence-corrected chi connectivity index (χ1v) is 18.0. The van der Waals surface area contributed by atoms with Gasteiger partial charge in [-0.15, -0.1) is 0 Å². The first-order chi connectivity index (χ1) is 23.2. The number of methoxy groups -OCH3 is 3. The van der Waals surface area contributed by atoms with E-state index in [-0.39, 0.29) is 35.7 Å². The zero-order valence-electron chi connectivity index (χ0n) is 32.4. The molecule has 1 heterocycles. The third-order valence-corrected chi connectivity index (χ3v) is 10.8. The minimum atomic E-state index is -1.13. The topological polar surface area (TPSA) is 143 Å². The van der Waals surface area contributed by atoms with Crippen LogP contribution in [0.15, 0.2) is 12.1 Å². The summed E-state index contributed by atoms with van der Waals surface area (Å²) < 4.78 is 35.4. The van der Waals surface area contributed by atoms with Crippen LogP contribution in [0.1, 0.15) is 94.1 Å². The molecule has 1 aliphatic heterocycles.